The van der Waals surface area contributed by atoms with E-state index in [0.717, 1.165) is 29.5 Å². The molecule has 2 aromatic heterocycles. The van der Waals surface area contributed by atoms with E-state index >= 15 is 4.39 Å². The first kappa shape index (κ1) is 63.3. The molecule has 4 fully saturated rings. The second-order valence-electron chi connectivity index (χ2n) is 24.5. The maximum absolute atomic E-state index is 15.2. The molecule has 1 aromatic carbocycles. The van der Waals surface area contributed by atoms with Crippen LogP contribution in [0, 0.1) is 29.6 Å². The Kier molecular flexibility index (Phi) is 21.4. The summed E-state index contributed by atoms with van der Waals surface area (Å²) in [6.45, 7) is 20.9. The molecule has 5 heterocycles. The standard InChI is InChI=1S/C60H95FN8O11/c1-16-45(41-20-18-40(19-21-41)42-31-62-57(63-32-42)64-43-22-23-43)47(30-61)69-33-44(65-67-69)24-25-68(12)46-26-36(5)77-56(52(46)70)80-54-37(6)50(48-29-59(10,74-13)53(71)39(8)78-48)38(7)55(72)79-49(17-2)58(9,73)27-34(3)51(66-76-15)35(4)28-60(54,11)75-14/h18-21,31-39,43,45-50,52-54,56,70-71,73H,16-17,22-30H2,1-15H3,(H,62,63,64)/b66-51+/t34-,35-,36-,37+,38-,39+,45-,46+,47-,48?,49-,50+,52-,53+,54-,56+,58+,59-,60-/m1/s1. The number of ether oxygens (including phenoxy) is 6. The molecule has 4 N–H and O–H groups in total. The number of benzene rings is 1. The topological polar surface area (TPSA) is 226 Å². The lowest BCUT2D eigenvalue weighted by Gasteiger charge is -2.52. The lowest BCUT2D eigenvalue weighted by atomic mass is 9.67. The fourth-order valence-electron chi connectivity index (χ4n) is 13.4. The number of aliphatic hydroxyl groups excluding tert-OH is 2. The summed E-state index contributed by atoms with van der Waals surface area (Å²) in [5.41, 5.74) is 0.668. The van der Waals surface area contributed by atoms with E-state index in [0.29, 0.717) is 62.0 Å². The average molecular weight is 1120 g/mol. The van der Waals surface area contributed by atoms with Gasteiger partial charge in [0.05, 0.1) is 64.6 Å². The van der Waals surface area contributed by atoms with Crippen molar-refractivity contribution in [1.82, 2.24) is 29.9 Å². The number of nitrogens with one attached hydrogen (secondary N) is 1. The largest absolute Gasteiger partial charge is 0.459 e. The van der Waals surface area contributed by atoms with Gasteiger partial charge in [0.25, 0.3) is 0 Å². The van der Waals surface area contributed by atoms with Crippen molar-refractivity contribution in [2.45, 2.75) is 224 Å². The average Bonchev–Trinajstić information content (AvgIpc) is 4.13. The second kappa shape index (κ2) is 27.0. The van der Waals surface area contributed by atoms with Crippen LogP contribution in [0.25, 0.3) is 11.1 Å². The molecule has 19 atom stereocenters. The first-order valence-corrected chi connectivity index (χ1v) is 29.3. The molecule has 20 heteroatoms. The summed E-state index contributed by atoms with van der Waals surface area (Å²) < 4.78 is 56.4. The van der Waals surface area contributed by atoms with Gasteiger partial charge in [0.1, 0.15) is 32.1 Å². The van der Waals surface area contributed by atoms with E-state index in [1.165, 1.54) is 7.11 Å². The van der Waals surface area contributed by atoms with Crippen molar-refractivity contribution in [1.29, 1.82) is 0 Å². The van der Waals surface area contributed by atoms with E-state index in [9.17, 15) is 20.1 Å². The summed E-state index contributed by atoms with van der Waals surface area (Å²) in [5.74, 6) is -2.69. The summed E-state index contributed by atoms with van der Waals surface area (Å²) in [5, 5.41) is 52.9. The molecule has 448 valence electrons. The van der Waals surface area contributed by atoms with Crippen molar-refractivity contribution in [2.24, 2.45) is 34.7 Å². The minimum Gasteiger partial charge on any atom is -0.459 e. The van der Waals surface area contributed by atoms with Gasteiger partial charge in [-0.3, -0.25) is 4.79 Å². The van der Waals surface area contributed by atoms with E-state index in [4.69, 9.17) is 33.3 Å². The van der Waals surface area contributed by atoms with Gasteiger partial charge in [-0.05, 0) is 104 Å². The van der Waals surface area contributed by atoms with Gasteiger partial charge in [-0.1, -0.05) is 76.2 Å². The van der Waals surface area contributed by atoms with E-state index < -0.39 is 102 Å². The smallest absolute Gasteiger partial charge is 0.309 e. The van der Waals surface area contributed by atoms with Crippen LogP contribution in [0.3, 0.4) is 0 Å². The van der Waals surface area contributed by atoms with Crippen LogP contribution in [0.15, 0.2) is 48.0 Å². The zero-order valence-corrected chi connectivity index (χ0v) is 50.3. The van der Waals surface area contributed by atoms with E-state index in [2.05, 4.69) is 42.6 Å². The minimum atomic E-state index is -1.43. The van der Waals surface area contributed by atoms with Crippen LogP contribution in [-0.2, 0) is 44.5 Å². The molecule has 0 bridgehead atoms. The van der Waals surface area contributed by atoms with Crippen LogP contribution < -0.4 is 5.32 Å². The van der Waals surface area contributed by atoms with Crippen LogP contribution >= 0.6 is 0 Å². The van der Waals surface area contributed by atoms with Gasteiger partial charge in [-0.15, -0.1) is 5.10 Å². The predicted molar refractivity (Wildman–Crippen MR) is 303 cm³/mol. The number of cyclic esters (lactones) is 1. The number of anilines is 1. The molecule has 7 rings (SSSR count). The Labute approximate surface area is 474 Å². The van der Waals surface area contributed by atoms with Gasteiger partial charge in [0.15, 0.2) is 6.29 Å². The molecule has 3 aliphatic heterocycles. The van der Waals surface area contributed by atoms with E-state index in [1.54, 1.807) is 32.7 Å². The molecule has 1 aliphatic carbocycles. The van der Waals surface area contributed by atoms with Crippen LogP contribution in [-0.4, -0.2) is 176 Å². The van der Waals surface area contributed by atoms with Crippen LogP contribution in [0.4, 0.5) is 10.3 Å². The normalized spacial score (nSPS) is 37.2. The van der Waals surface area contributed by atoms with Crippen molar-refractivity contribution in [2.75, 3.05) is 46.9 Å². The Morgan fingerprint density at radius 3 is 2.19 bits per heavy atom. The molecule has 1 unspecified atom stereocenters. The number of carbonyl (C=O) groups is 1. The maximum atomic E-state index is 15.2. The highest BCUT2D eigenvalue weighted by Gasteiger charge is 2.55. The minimum absolute atomic E-state index is 0.163. The molecule has 3 saturated heterocycles. The molecule has 0 spiro atoms. The fourth-order valence-corrected chi connectivity index (χ4v) is 13.4. The Hall–Kier alpha value is -4.25. The van der Waals surface area contributed by atoms with Crippen LogP contribution in [0.5, 0.6) is 0 Å². The fraction of sp³-hybridized carbons (Fsp3) is 0.767. The Balaban J connectivity index is 1.13. The Morgan fingerprint density at radius 1 is 0.925 bits per heavy atom. The zero-order chi connectivity index (χ0) is 58.4. The van der Waals surface area contributed by atoms with Crippen LogP contribution in [0.2, 0.25) is 0 Å². The SMILES string of the molecule is CC[C@H](c1ccc(-c2cnc(NC3CC3)nc2)cc1)[C@@H](CF)n1cc(CCN(C)[C@H]2C[C@@H](C)O[C@@H](O[C@@H]3[C@@H](C)[C@H](C4C[C@@](C)(OC)[C@@H](O)[C@H](C)O4)[C@@H](C)C(=O)O[C@H](CC)[C@@](C)(O)C[C@@H](C)/C(=N\OC)[C@H](C)C[C@@]3(C)OC)[C@@H]2O)nn1. The zero-order valence-electron chi connectivity index (χ0n) is 50.3. The predicted octanol–water partition coefficient (Wildman–Crippen LogP) is 8.12. The molecule has 19 nitrogen and oxygen atoms in total. The quantitative estimate of drug-likeness (QED) is 0.0657. The third-order valence-electron chi connectivity index (χ3n) is 18.4. The highest BCUT2D eigenvalue weighted by molar-refractivity contribution is 5.88. The van der Waals surface area contributed by atoms with Crippen molar-refractivity contribution in [3.63, 3.8) is 0 Å². The number of hydrogen-bond donors (Lipinski definition) is 4. The van der Waals surface area contributed by atoms with E-state index in [1.807, 2.05) is 105 Å². The van der Waals surface area contributed by atoms with Crippen molar-refractivity contribution in [3.05, 3.63) is 54.1 Å². The lowest BCUT2D eigenvalue weighted by Crippen LogP contribution is -2.62. The molecule has 3 aromatic rings. The number of oxime groups is 1. The number of aliphatic hydroxyl groups is 3. The number of esters is 1. The van der Waals surface area contributed by atoms with Crippen molar-refractivity contribution in [3.8, 4) is 11.1 Å². The number of carbonyl (C=O) groups excluding carboxylic acids is 1. The summed E-state index contributed by atoms with van der Waals surface area (Å²) in [7, 11) is 6.64. The third-order valence-corrected chi connectivity index (χ3v) is 18.4. The molecule has 0 radical (unpaired) electrons. The monoisotopic (exact) mass is 1120 g/mol. The number of rotatable bonds is 19. The number of likely N-dealkylation sites (N-methyl/N-ethyl adjacent to an activating group) is 1. The van der Waals surface area contributed by atoms with Gasteiger partial charge in [0.2, 0.25) is 5.95 Å². The number of aromatic nitrogens is 5. The van der Waals surface area contributed by atoms with Crippen LogP contribution in [0.1, 0.15) is 151 Å². The molecule has 0 amide bonds. The number of halogens is 1. The molecular formula is C60H95FN8O11. The van der Waals surface area contributed by atoms with Gasteiger partial charge in [-0.25, -0.2) is 19.0 Å². The number of methoxy groups -OCH3 is 2. The van der Waals surface area contributed by atoms with E-state index in [-0.39, 0.29) is 36.7 Å². The first-order chi connectivity index (χ1) is 37.9. The number of hydrogen-bond acceptors (Lipinski definition) is 18. The molecular weight excluding hydrogens is 1030 g/mol. The lowest BCUT2D eigenvalue weighted by molar-refractivity contribution is -0.304. The molecule has 1 saturated carbocycles. The van der Waals surface area contributed by atoms with Gasteiger partial charge in [-0.2, -0.15) is 0 Å². The highest BCUT2D eigenvalue weighted by Crippen LogP contribution is 2.46. The summed E-state index contributed by atoms with van der Waals surface area (Å²) in [4.78, 5) is 31.3. The number of nitrogens with zero attached hydrogens (tertiary/aromatic N) is 7. The maximum Gasteiger partial charge on any atom is 0.309 e. The van der Waals surface area contributed by atoms with Gasteiger partial charge >= 0.3 is 5.97 Å². The first-order valence-electron chi connectivity index (χ1n) is 29.3. The second-order valence-corrected chi connectivity index (χ2v) is 24.5. The van der Waals surface area contributed by atoms with Gasteiger partial charge in [0, 0.05) is 93.5 Å². The third kappa shape index (κ3) is 14.4. The summed E-state index contributed by atoms with van der Waals surface area (Å²) in [6.07, 6.45) is 3.93. The summed E-state index contributed by atoms with van der Waals surface area (Å²) >= 11 is 0. The summed E-state index contributed by atoms with van der Waals surface area (Å²) in [6, 6.07) is 7.61. The number of alkyl halides is 1. The Bertz CT molecular complexity index is 2470. The van der Waals surface area contributed by atoms with Gasteiger partial charge < -0.3 is 58.8 Å². The van der Waals surface area contributed by atoms with Crippen molar-refractivity contribution >= 4 is 17.6 Å². The van der Waals surface area contributed by atoms with Crippen molar-refractivity contribution < 1.29 is 57.8 Å². The molecule has 4 aliphatic rings. The molecule has 80 heavy (non-hydrogen) atoms. The Morgan fingerprint density at radius 2 is 1.59 bits per heavy atom. The highest BCUT2D eigenvalue weighted by atomic mass is 19.1.